The van der Waals surface area contributed by atoms with Gasteiger partial charge in [-0.05, 0) is 37.5 Å². The second kappa shape index (κ2) is 2.73. The molecular weight excluding hydrogens is 164 g/mol. The number of carbonyl (C=O) groups is 1. The molecular formula is C11H18O2. The van der Waals surface area contributed by atoms with E-state index in [9.17, 15) is 4.79 Å². The van der Waals surface area contributed by atoms with Gasteiger partial charge in [-0.3, -0.25) is 4.79 Å². The molecule has 2 rings (SSSR count). The van der Waals surface area contributed by atoms with Gasteiger partial charge in [0.2, 0.25) is 0 Å². The number of ether oxygens (including phenoxy) is 1. The molecule has 2 saturated carbocycles. The molecule has 0 aliphatic heterocycles. The van der Waals surface area contributed by atoms with Crippen LogP contribution in [0.1, 0.15) is 45.4 Å². The lowest BCUT2D eigenvalue weighted by Gasteiger charge is -2.25. The summed E-state index contributed by atoms with van der Waals surface area (Å²) in [5.74, 6) is 0.0420. The summed E-state index contributed by atoms with van der Waals surface area (Å²) in [5.41, 5.74) is 0.416. The first-order valence-electron chi connectivity index (χ1n) is 5.25. The van der Waals surface area contributed by atoms with Gasteiger partial charge in [0.15, 0.2) is 0 Å². The molecule has 0 atom stereocenters. The van der Waals surface area contributed by atoms with E-state index in [0.717, 1.165) is 19.3 Å². The maximum absolute atomic E-state index is 11.6. The number of fused-ring (bicyclic) bond motifs is 2. The molecule has 0 amide bonds. The fourth-order valence-electron chi connectivity index (χ4n) is 3.30. The Morgan fingerprint density at radius 2 is 1.92 bits per heavy atom. The zero-order valence-corrected chi connectivity index (χ0v) is 8.56. The minimum atomic E-state index is -0.0786. The van der Waals surface area contributed by atoms with Crippen LogP contribution in [0, 0.1) is 10.8 Å². The second-order valence-corrected chi connectivity index (χ2v) is 4.80. The van der Waals surface area contributed by atoms with Gasteiger partial charge < -0.3 is 4.74 Å². The second-order valence-electron chi connectivity index (χ2n) is 4.80. The normalized spacial score (nSPS) is 42.3. The molecule has 2 bridgehead atoms. The van der Waals surface area contributed by atoms with Gasteiger partial charge in [0.05, 0.1) is 12.5 Å². The molecule has 0 aromatic rings. The Kier molecular flexibility index (Phi) is 1.90. The highest BCUT2D eigenvalue weighted by molar-refractivity contribution is 5.77. The summed E-state index contributed by atoms with van der Waals surface area (Å²) in [5, 5.41) is 0. The highest BCUT2D eigenvalue weighted by Gasteiger charge is 2.57. The van der Waals surface area contributed by atoms with Gasteiger partial charge in [0.25, 0.3) is 0 Å². The van der Waals surface area contributed by atoms with E-state index in [4.69, 9.17) is 4.74 Å². The average molecular weight is 182 g/mol. The molecule has 0 radical (unpaired) electrons. The Morgan fingerprint density at radius 3 is 2.31 bits per heavy atom. The molecule has 0 saturated heterocycles. The Hall–Kier alpha value is -0.530. The van der Waals surface area contributed by atoms with Crippen LogP contribution in [0.4, 0.5) is 0 Å². The number of carbonyl (C=O) groups excluding carboxylic acids is 1. The van der Waals surface area contributed by atoms with Crippen molar-refractivity contribution in [3.05, 3.63) is 0 Å². The van der Waals surface area contributed by atoms with E-state index in [-0.39, 0.29) is 11.4 Å². The lowest BCUT2D eigenvalue weighted by atomic mass is 9.81. The summed E-state index contributed by atoms with van der Waals surface area (Å²) in [6, 6.07) is 0. The van der Waals surface area contributed by atoms with E-state index in [1.54, 1.807) is 0 Å². The minimum absolute atomic E-state index is 0.0420. The van der Waals surface area contributed by atoms with Crippen LogP contribution in [-0.2, 0) is 9.53 Å². The summed E-state index contributed by atoms with van der Waals surface area (Å²) in [7, 11) is 1.52. The molecule has 2 aliphatic rings. The Bertz CT molecular complexity index is 224. The monoisotopic (exact) mass is 182 g/mol. The van der Waals surface area contributed by atoms with Crippen molar-refractivity contribution in [2.45, 2.75) is 45.4 Å². The van der Waals surface area contributed by atoms with E-state index in [0.29, 0.717) is 5.41 Å². The first kappa shape index (κ1) is 9.04. The third kappa shape index (κ3) is 1.11. The summed E-state index contributed by atoms with van der Waals surface area (Å²) in [6.45, 7) is 2.25. The predicted octanol–water partition coefficient (Wildman–Crippen LogP) is 2.52. The van der Waals surface area contributed by atoms with Crippen molar-refractivity contribution >= 4 is 5.97 Å². The van der Waals surface area contributed by atoms with Crippen LogP contribution >= 0.6 is 0 Å². The smallest absolute Gasteiger partial charge is 0.311 e. The third-order valence-corrected chi connectivity index (χ3v) is 4.35. The van der Waals surface area contributed by atoms with Gasteiger partial charge in [-0.1, -0.05) is 13.3 Å². The summed E-state index contributed by atoms with van der Waals surface area (Å²) < 4.78 is 4.91. The van der Waals surface area contributed by atoms with Crippen LogP contribution in [0.3, 0.4) is 0 Å². The van der Waals surface area contributed by atoms with Gasteiger partial charge in [0.1, 0.15) is 0 Å². The van der Waals surface area contributed by atoms with Gasteiger partial charge in [-0.15, -0.1) is 0 Å². The fourth-order valence-corrected chi connectivity index (χ4v) is 3.30. The highest BCUT2D eigenvalue weighted by atomic mass is 16.5. The van der Waals surface area contributed by atoms with Crippen LogP contribution in [0.2, 0.25) is 0 Å². The third-order valence-electron chi connectivity index (χ3n) is 4.35. The van der Waals surface area contributed by atoms with Gasteiger partial charge in [-0.2, -0.15) is 0 Å². The quantitative estimate of drug-likeness (QED) is 0.613. The van der Waals surface area contributed by atoms with E-state index in [1.807, 2.05) is 0 Å². The first-order chi connectivity index (χ1) is 6.16. The molecule has 0 heterocycles. The largest absolute Gasteiger partial charge is 0.469 e. The number of hydrogen-bond acceptors (Lipinski definition) is 2. The Morgan fingerprint density at radius 1 is 1.31 bits per heavy atom. The molecule has 0 unspecified atom stereocenters. The lowest BCUT2D eigenvalue weighted by Crippen LogP contribution is -2.27. The first-order valence-corrected chi connectivity index (χ1v) is 5.25. The molecule has 0 N–H and O–H groups in total. The predicted molar refractivity (Wildman–Crippen MR) is 50.3 cm³/mol. The maximum Gasteiger partial charge on any atom is 0.311 e. The van der Waals surface area contributed by atoms with Crippen molar-refractivity contribution < 1.29 is 9.53 Å². The van der Waals surface area contributed by atoms with Crippen molar-refractivity contribution in [2.24, 2.45) is 10.8 Å². The molecule has 0 aromatic heterocycles. The van der Waals surface area contributed by atoms with Crippen molar-refractivity contribution in [2.75, 3.05) is 7.11 Å². The summed E-state index contributed by atoms with van der Waals surface area (Å²) in [4.78, 5) is 11.6. The van der Waals surface area contributed by atoms with Crippen molar-refractivity contribution in [3.63, 3.8) is 0 Å². The molecule has 13 heavy (non-hydrogen) atoms. The SMILES string of the molecule is CCC12CCC(C(=O)OC)(CC1)C2. The Labute approximate surface area is 79.7 Å². The Balaban J connectivity index is 2.18. The maximum atomic E-state index is 11.6. The number of methoxy groups -OCH3 is 1. The van der Waals surface area contributed by atoms with E-state index in [2.05, 4.69) is 6.92 Å². The lowest BCUT2D eigenvalue weighted by molar-refractivity contribution is -0.152. The zero-order chi connectivity index (χ0) is 9.53. The minimum Gasteiger partial charge on any atom is -0.469 e. The number of esters is 1. The van der Waals surface area contributed by atoms with Crippen molar-refractivity contribution in [1.29, 1.82) is 0 Å². The average Bonchev–Trinajstić information content (AvgIpc) is 2.74. The van der Waals surface area contributed by atoms with E-state index < -0.39 is 0 Å². The molecule has 2 nitrogen and oxygen atoms in total. The molecule has 2 fully saturated rings. The van der Waals surface area contributed by atoms with Crippen LogP contribution in [0.5, 0.6) is 0 Å². The molecule has 74 valence electrons. The molecule has 2 aliphatic carbocycles. The van der Waals surface area contributed by atoms with Crippen LogP contribution in [0.25, 0.3) is 0 Å². The summed E-state index contributed by atoms with van der Waals surface area (Å²) in [6.07, 6.45) is 6.91. The van der Waals surface area contributed by atoms with Crippen molar-refractivity contribution in [1.82, 2.24) is 0 Å². The standard InChI is InChI=1S/C11H18O2/c1-3-10-4-6-11(8-10,7-5-10)9(12)13-2/h3-8H2,1-2H3. The number of hydrogen-bond donors (Lipinski definition) is 0. The van der Waals surface area contributed by atoms with E-state index >= 15 is 0 Å². The molecule has 2 heteroatoms. The van der Waals surface area contributed by atoms with E-state index in [1.165, 1.54) is 26.4 Å². The number of rotatable bonds is 2. The van der Waals surface area contributed by atoms with Crippen LogP contribution < -0.4 is 0 Å². The van der Waals surface area contributed by atoms with Crippen LogP contribution in [-0.4, -0.2) is 13.1 Å². The zero-order valence-electron chi connectivity index (χ0n) is 8.56. The van der Waals surface area contributed by atoms with Gasteiger partial charge in [0, 0.05) is 0 Å². The van der Waals surface area contributed by atoms with Crippen molar-refractivity contribution in [3.8, 4) is 0 Å². The topological polar surface area (TPSA) is 26.3 Å². The highest BCUT2D eigenvalue weighted by Crippen LogP contribution is 2.63. The van der Waals surface area contributed by atoms with Crippen LogP contribution in [0.15, 0.2) is 0 Å². The molecule has 0 spiro atoms. The molecule has 0 aromatic carbocycles. The van der Waals surface area contributed by atoms with Gasteiger partial charge in [-0.25, -0.2) is 0 Å². The van der Waals surface area contributed by atoms with Gasteiger partial charge >= 0.3 is 5.97 Å². The summed E-state index contributed by atoms with van der Waals surface area (Å²) >= 11 is 0. The fraction of sp³-hybridized carbons (Fsp3) is 0.909.